The van der Waals surface area contributed by atoms with E-state index in [1.807, 2.05) is 13.8 Å². The van der Waals surface area contributed by atoms with E-state index in [-0.39, 0.29) is 18.4 Å². The molecule has 0 aliphatic carbocycles. The fourth-order valence-corrected chi connectivity index (χ4v) is 2.43. The number of nitrogens with zero attached hydrogens (tertiary/aromatic N) is 2. The van der Waals surface area contributed by atoms with Gasteiger partial charge in [0.05, 0.1) is 12.8 Å². The van der Waals surface area contributed by atoms with Gasteiger partial charge in [0.25, 0.3) is 0 Å². The van der Waals surface area contributed by atoms with Gasteiger partial charge in [0.15, 0.2) is 0 Å². The Morgan fingerprint density at radius 2 is 1.83 bits per heavy atom. The van der Waals surface area contributed by atoms with Crippen LogP contribution in [0.1, 0.15) is 33.6 Å². The second-order valence-electron chi connectivity index (χ2n) is 5.12. The van der Waals surface area contributed by atoms with E-state index in [2.05, 4.69) is 6.92 Å². The molecule has 1 amide bonds. The molecule has 0 heterocycles. The first-order valence-electron chi connectivity index (χ1n) is 6.37. The zero-order valence-electron chi connectivity index (χ0n) is 12.1. The quantitative estimate of drug-likeness (QED) is 0.669. The van der Waals surface area contributed by atoms with Gasteiger partial charge in [-0.1, -0.05) is 27.2 Å². The van der Waals surface area contributed by atoms with E-state index in [1.54, 1.807) is 11.9 Å². The van der Waals surface area contributed by atoms with E-state index in [0.29, 0.717) is 13.1 Å². The van der Waals surface area contributed by atoms with Gasteiger partial charge in [0.1, 0.15) is 0 Å². The van der Waals surface area contributed by atoms with Crippen molar-refractivity contribution in [1.82, 2.24) is 9.21 Å². The molecule has 0 aliphatic rings. The van der Waals surface area contributed by atoms with Gasteiger partial charge in [-0.2, -0.15) is 4.31 Å². The van der Waals surface area contributed by atoms with E-state index in [4.69, 9.17) is 0 Å². The van der Waals surface area contributed by atoms with Crippen LogP contribution < -0.4 is 0 Å². The molecule has 0 saturated carbocycles. The Morgan fingerprint density at radius 3 is 2.22 bits per heavy atom. The predicted molar refractivity (Wildman–Crippen MR) is 73.8 cm³/mol. The summed E-state index contributed by atoms with van der Waals surface area (Å²) in [5.74, 6) is 0.0583. The second kappa shape index (κ2) is 7.74. The number of hydrogen-bond acceptors (Lipinski definition) is 3. The van der Waals surface area contributed by atoms with E-state index in [9.17, 15) is 13.2 Å². The first-order valence-corrected chi connectivity index (χ1v) is 8.22. The van der Waals surface area contributed by atoms with Crippen LogP contribution in [0.4, 0.5) is 0 Å². The maximum Gasteiger partial charge on any atom is 0.237 e. The van der Waals surface area contributed by atoms with Crippen LogP contribution >= 0.6 is 0 Å². The van der Waals surface area contributed by atoms with Crippen LogP contribution in [0.3, 0.4) is 0 Å². The zero-order valence-corrected chi connectivity index (χ0v) is 13.0. The van der Waals surface area contributed by atoms with Crippen LogP contribution in [0.15, 0.2) is 0 Å². The van der Waals surface area contributed by atoms with Crippen molar-refractivity contribution in [2.24, 2.45) is 5.92 Å². The molecule has 0 atom stereocenters. The highest BCUT2D eigenvalue weighted by atomic mass is 32.2. The third kappa shape index (κ3) is 6.96. The van der Waals surface area contributed by atoms with E-state index >= 15 is 0 Å². The number of sulfonamides is 1. The molecule has 0 saturated heterocycles. The third-order valence-electron chi connectivity index (χ3n) is 2.62. The summed E-state index contributed by atoms with van der Waals surface area (Å²) in [5.41, 5.74) is 0. The molecule has 0 bridgehead atoms. The average molecular weight is 278 g/mol. The Morgan fingerprint density at radius 1 is 1.28 bits per heavy atom. The van der Waals surface area contributed by atoms with Crippen molar-refractivity contribution in [2.45, 2.75) is 33.6 Å². The van der Waals surface area contributed by atoms with E-state index in [0.717, 1.165) is 19.1 Å². The van der Waals surface area contributed by atoms with Gasteiger partial charge in [-0.05, 0) is 12.3 Å². The molecule has 0 rings (SSSR count). The van der Waals surface area contributed by atoms with Crippen molar-refractivity contribution in [1.29, 1.82) is 0 Å². The van der Waals surface area contributed by atoms with Crippen molar-refractivity contribution >= 4 is 15.9 Å². The lowest BCUT2D eigenvalue weighted by atomic mass is 10.2. The summed E-state index contributed by atoms with van der Waals surface area (Å²) >= 11 is 0. The van der Waals surface area contributed by atoms with Crippen LogP contribution in [0.25, 0.3) is 0 Å². The summed E-state index contributed by atoms with van der Waals surface area (Å²) in [6.07, 6.45) is 3.10. The first kappa shape index (κ1) is 17.4. The lowest BCUT2D eigenvalue weighted by Gasteiger charge is -2.24. The summed E-state index contributed by atoms with van der Waals surface area (Å²) < 4.78 is 24.4. The van der Waals surface area contributed by atoms with Gasteiger partial charge in [0, 0.05) is 20.1 Å². The van der Waals surface area contributed by atoms with Gasteiger partial charge >= 0.3 is 0 Å². The number of rotatable bonds is 8. The lowest BCUT2D eigenvalue weighted by molar-refractivity contribution is -0.130. The second-order valence-corrected chi connectivity index (χ2v) is 7.10. The Kier molecular flexibility index (Phi) is 7.47. The molecule has 0 spiro atoms. The molecule has 0 aromatic heterocycles. The van der Waals surface area contributed by atoms with Crippen LogP contribution in [0, 0.1) is 5.92 Å². The molecule has 5 nitrogen and oxygen atoms in total. The minimum Gasteiger partial charge on any atom is -0.345 e. The van der Waals surface area contributed by atoms with Crippen LogP contribution in [-0.2, 0) is 14.8 Å². The van der Waals surface area contributed by atoms with Crippen molar-refractivity contribution in [3.05, 3.63) is 0 Å². The normalized spacial score (nSPS) is 12.2. The maximum atomic E-state index is 11.9. The fourth-order valence-electron chi connectivity index (χ4n) is 1.52. The van der Waals surface area contributed by atoms with Crippen molar-refractivity contribution < 1.29 is 13.2 Å². The monoisotopic (exact) mass is 278 g/mol. The van der Waals surface area contributed by atoms with Gasteiger partial charge in [0.2, 0.25) is 15.9 Å². The molecule has 0 radical (unpaired) electrons. The molecular formula is C12H26N2O3S. The summed E-state index contributed by atoms with van der Waals surface area (Å²) in [7, 11) is -1.61. The predicted octanol–water partition coefficient (Wildman–Crippen LogP) is 1.16. The van der Waals surface area contributed by atoms with Crippen LogP contribution in [0.5, 0.6) is 0 Å². The fraction of sp³-hybridized carbons (Fsp3) is 0.917. The molecular weight excluding hydrogens is 252 g/mol. The van der Waals surface area contributed by atoms with Crippen molar-refractivity contribution in [2.75, 3.05) is 32.9 Å². The van der Waals surface area contributed by atoms with Gasteiger partial charge in [-0.15, -0.1) is 0 Å². The highest BCUT2D eigenvalue weighted by Crippen LogP contribution is 2.05. The topological polar surface area (TPSA) is 57.7 Å². The lowest BCUT2D eigenvalue weighted by Crippen LogP contribution is -2.42. The minimum atomic E-state index is -3.32. The smallest absolute Gasteiger partial charge is 0.237 e. The van der Waals surface area contributed by atoms with Crippen LogP contribution in [-0.4, -0.2) is 56.5 Å². The van der Waals surface area contributed by atoms with Gasteiger partial charge < -0.3 is 4.90 Å². The van der Waals surface area contributed by atoms with E-state index < -0.39 is 10.0 Å². The molecule has 0 aromatic rings. The highest BCUT2D eigenvalue weighted by Gasteiger charge is 2.22. The molecule has 18 heavy (non-hydrogen) atoms. The summed E-state index contributed by atoms with van der Waals surface area (Å²) in [6.45, 7) is 6.92. The Bertz CT molecular complexity index is 352. The largest absolute Gasteiger partial charge is 0.345 e. The van der Waals surface area contributed by atoms with Gasteiger partial charge in [-0.3, -0.25) is 4.79 Å². The molecule has 6 heteroatoms. The Labute approximate surface area is 111 Å². The summed E-state index contributed by atoms with van der Waals surface area (Å²) in [5, 5.41) is 0. The number of amides is 1. The molecule has 0 aromatic carbocycles. The molecule has 0 unspecified atom stereocenters. The zero-order chi connectivity index (χ0) is 14.3. The number of carbonyl (C=O) groups excluding carboxylic acids is 1. The van der Waals surface area contributed by atoms with E-state index in [1.165, 1.54) is 4.31 Å². The first-order chi connectivity index (χ1) is 8.18. The summed E-state index contributed by atoms with van der Waals surface area (Å²) in [6, 6.07) is 0. The Balaban J connectivity index is 4.54. The standard InChI is InChI=1S/C12H26N2O3S/c1-6-7-8-13(4)12(15)10-14(9-11(2)3)18(5,16)17/h11H,6-10H2,1-5H3. The molecule has 108 valence electrons. The van der Waals surface area contributed by atoms with Crippen molar-refractivity contribution in [3.8, 4) is 0 Å². The maximum absolute atomic E-state index is 11.9. The molecule has 0 N–H and O–H groups in total. The SMILES string of the molecule is CCCCN(C)C(=O)CN(CC(C)C)S(C)(=O)=O. The number of hydrogen-bond donors (Lipinski definition) is 0. The van der Waals surface area contributed by atoms with Crippen LogP contribution in [0.2, 0.25) is 0 Å². The number of carbonyl (C=O) groups is 1. The van der Waals surface area contributed by atoms with Crippen molar-refractivity contribution in [3.63, 3.8) is 0 Å². The molecule has 0 fully saturated rings. The third-order valence-corrected chi connectivity index (χ3v) is 3.84. The minimum absolute atomic E-state index is 0.0583. The number of likely N-dealkylation sites (N-methyl/N-ethyl adjacent to an activating group) is 1. The highest BCUT2D eigenvalue weighted by molar-refractivity contribution is 7.88. The Hall–Kier alpha value is -0.620. The summed E-state index contributed by atoms with van der Waals surface area (Å²) in [4.78, 5) is 13.5. The molecule has 0 aliphatic heterocycles. The van der Waals surface area contributed by atoms with Gasteiger partial charge in [-0.25, -0.2) is 8.42 Å². The number of unbranched alkanes of at least 4 members (excludes halogenated alkanes) is 1. The average Bonchev–Trinajstić information content (AvgIpc) is 2.22.